The van der Waals surface area contributed by atoms with Crippen molar-refractivity contribution in [1.82, 2.24) is 0 Å². The third-order valence-corrected chi connectivity index (χ3v) is 4.19. The molecule has 0 unspecified atom stereocenters. The SMILES string of the molecule is CC(C)(C)/C(O)=C/C(=O)C(F)(F)C(F)(F)C(F)(F)F.CC(C)(C)/C(O)=C/C(=O)C(F)(F)C(F)(F)C(F)(F)F.[Cl][Zr][Cl]. The number of ketones is 2. The van der Waals surface area contributed by atoms with E-state index in [0.29, 0.717) is 0 Å². The van der Waals surface area contributed by atoms with Crippen LogP contribution in [0.5, 0.6) is 0 Å². The molecule has 41 heavy (non-hydrogen) atoms. The van der Waals surface area contributed by atoms with Crippen molar-refractivity contribution in [2.24, 2.45) is 10.8 Å². The average molecular weight is 754 g/mol. The van der Waals surface area contributed by atoms with Gasteiger partial charge in [0, 0.05) is 23.0 Å². The fourth-order valence-electron chi connectivity index (χ4n) is 1.53. The first-order valence-corrected chi connectivity index (χ1v) is 16.4. The number of halogens is 16. The Hall–Kier alpha value is -1.10. The Morgan fingerprint density at radius 1 is 0.537 bits per heavy atom. The number of hydrogen-bond acceptors (Lipinski definition) is 4. The zero-order valence-electron chi connectivity index (χ0n) is 21.4. The van der Waals surface area contributed by atoms with Gasteiger partial charge in [0.05, 0.1) is 0 Å². The summed E-state index contributed by atoms with van der Waals surface area (Å²) in [6.45, 7) is 7.45. The van der Waals surface area contributed by atoms with Crippen molar-refractivity contribution >= 4 is 28.6 Å². The molecule has 0 aromatic heterocycles. The minimum absolute atomic E-state index is 0.320. The Balaban J connectivity index is -0.000000642. The molecule has 0 atom stereocenters. The van der Waals surface area contributed by atoms with E-state index in [9.17, 15) is 71.1 Å². The van der Waals surface area contributed by atoms with Gasteiger partial charge in [0.15, 0.2) is 0 Å². The molecular weight excluding hydrogens is 732 g/mol. The van der Waals surface area contributed by atoms with E-state index in [1.54, 1.807) is 0 Å². The molecule has 2 N–H and O–H groups in total. The second-order valence-corrected chi connectivity index (χ2v) is 13.4. The first-order valence-electron chi connectivity index (χ1n) is 10.0. The number of allylic oxidation sites excluding steroid dienone is 4. The van der Waals surface area contributed by atoms with Gasteiger partial charge < -0.3 is 10.2 Å². The van der Waals surface area contributed by atoms with Gasteiger partial charge in [-0.1, -0.05) is 41.5 Å². The van der Waals surface area contributed by atoms with Crippen LogP contribution in [-0.2, 0) is 30.4 Å². The standard InChI is InChI=1S/2C10H11F7O2.2ClH.Zr/c2*1-7(2,3)5(18)4-6(19)8(11,12)9(13,14)10(15,16)17;;;/h2*4,18H,1-3H3;2*1H;/q;;;;+2/p-2/b2*5-4-;;;. The van der Waals surface area contributed by atoms with Gasteiger partial charge >= 0.3 is 73.9 Å². The van der Waals surface area contributed by atoms with Crippen molar-refractivity contribution in [2.75, 3.05) is 0 Å². The molecule has 0 saturated carbocycles. The maximum absolute atomic E-state index is 12.9. The molecule has 0 aliphatic rings. The molecule has 0 bridgehead atoms. The van der Waals surface area contributed by atoms with Gasteiger partial charge in [-0.3, -0.25) is 9.59 Å². The van der Waals surface area contributed by atoms with Crippen molar-refractivity contribution in [3.8, 4) is 0 Å². The molecule has 0 aromatic rings. The summed E-state index contributed by atoms with van der Waals surface area (Å²) in [7, 11) is 9.87. The fraction of sp³-hybridized carbons (Fsp3) is 0.700. The topological polar surface area (TPSA) is 74.6 Å². The van der Waals surface area contributed by atoms with Gasteiger partial charge in [0.25, 0.3) is 0 Å². The van der Waals surface area contributed by atoms with E-state index in [-0.39, 0.29) is 12.2 Å². The molecular formula is C20H22Cl2F14O4Zr. The van der Waals surface area contributed by atoms with Crippen LogP contribution in [0.25, 0.3) is 0 Å². The summed E-state index contributed by atoms with van der Waals surface area (Å²) in [5.74, 6) is -32.7. The van der Waals surface area contributed by atoms with Crippen LogP contribution in [0, 0.1) is 10.8 Å². The zero-order chi connectivity index (χ0) is 34.4. The quantitative estimate of drug-likeness (QED) is 0.161. The van der Waals surface area contributed by atoms with Crippen molar-refractivity contribution < 1.29 is 102 Å². The van der Waals surface area contributed by atoms with E-state index < -0.39 is 90.8 Å². The Labute approximate surface area is 242 Å². The number of rotatable bonds is 6. The van der Waals surface area contributed by atoms with Crippen LogP contribution in [0.2, 0.25) is 0 Å². The molecule has 0 aliphatic carbocycles. The Morgan fingerprint density at radius 3 is 0.829 bits per heavy atom. The number of aliphatic hydroxyl groups is 2. The predicted molar refractivity (Wildman–Crippen MR) is 114 cm³/mol. The van der Waals surface area contributed by atoms with Gasteiger partial charge in [-0.2, -0.15) is 61.5 Å². The van der Waals surface area contributed by atoms with Crippen LogP contribution in [0.4, 0.5) is 61.5 Å². The van der Waals surface area contributed by atoms with Crippen LogP contribution in [-0.4, -0.2) is 57.8 Å². The number of carbonyl (C=O) groups excluding carboxylic acids is 2. The van der Waals surface area contributed by atoms with Crippen LogP contribution in [0.1, 0.15) is 41.5 Å². The molecule has 4 nitrogen and oxygen atoms in total. The molecule has 0 saturated heterocycles. The van der Waals surface area contributed by atoms with Crippen LogP contribution in [0.3, 0.4) is 0 Å². The van der Waals surface area contributed by atoms with E-state index in [0.717, 1.165) is 0 Å². The first kappa shape index (κ1) is 44.3. The number of carbonyl (C=O) groups is 2. The van der Waals surface area contributed by atoms with Crippen LogP contribution >= 0.6 is 17.0 Å². The van der Waals surface area contributed by atoms with E-state index in [1.165, 1.54) is 41.5 Å². The third kappa shape index (κ3) is 11.8. The van der Waals surface area contributed by atoms with Gasteiger partial charge in [-0.05, 0) is 0 Å². The molecule has 0 radical (unpaired) electrons. The van der Waals surface area contributed by atoms with Gasteiger partial charge in [0.2, 0.25) is 11.6 Å². The zero-order valence-corrected chi connectivity index (χ0v) is 25.4. The van der Waals surface area contributed by atoms with Crippen LogP contribution in [0.15, 0.2) is 23.7 Å². The molecule has 0 aromatic carbocycles. The second kappa shape index (κ2) is 14.6. The second-order valence-electron chi connectivity index (χ2n) is 9.65. The molecule has 0 rings (SSSR count). The maximum atomic E-state index is 12.9. The Bertz CT molecular complexity index is 885. The van der Waals surface area contributed by atoms with Crippen LogP contribution < -0.4 is 0 Å². The van der Waals surface area contributed by atoms with Gasteiger partial charge in [-0.15, -0.1) is 0 Å². The molecule has 242 valence electrons. The molecule has 0 heterocycles. The first-order chi connectivity index (χ1) is 17.5. The van der Waals surface area contributed by atoms with E-state index in [1.807, 2.05) is 0 Å². The summed E-state index contributed by atoms with van der Waals surface area (Å²) in [6.07, 6.45) is -13.8. The molecule has 0 spiro atoms. The molecule has 21 heteroatoms. The Morgan fingerprint density at radius 2 is 0.707 bits per heavy atom. The van der Waals surface area contributed by atoms with E-state index >= 15 is 0 Å². The molecule has 0 fully saturated rings. The number of aliphatic hydroxyl groups excluding tert-OH is 2. The van der Waals surface area contributed by atoms with E-state index in [4.69, 9.17) is 27.2 Å². The van der Waals surface area contributed by atoms with Crippen molar-refractivity contribution in [2.45, 2.75) is 77.6 Å². The summed E-state index contributed by atoms with van der Waals surface area (Å²) in [5, 5.41) is 18.3. The van der Waals surface area contributed by atoms with Gasteiger partial charge in [-0.25, -0.2) is 0 Å². The Kier molecular flexibility index (Phi) is 15.8. The van der Waals surface area contributed by atoms with Crippen molar-refractivity contribution in [3.63, 3.8) is 0 Å². The predicted octanol–water partition coefficient (Wildman–Crippen LogP) is 9.13. The molecule has 0 amide bonds. The van der Waals surface area contributed by atoms with Gasteiger partial charge in [0.1, 0.15) is 11.5 Å². The minimum atomic E-state index is -6.59. The molecule has 0 aliphatic heterocycles. The number of hydrogen-bond donors (Lipinski definition) is 2. The summed E-state index contributed by atoms with van der Waals surface area (Å²) in [4.78, 5) is 21.7. The fourth-order valence-corrected chi connectivity index (χ4v) is 1.53. The monoisotopic (exact) mass is 752 g/mol. The number of alkyl halides is 14. The summed E-state index contributed by atoms with van der Waals surface area (Å²) in [6, 6.07) is 0. The average Bonchev–Trinajstić information content (AvgIpc) is 2.71. The summed E-state index contributed by atoms with van der Waals surface area (Å²) < 4.78 is 172. The normalized spacial score (nSPS) is 14.8. The van der Waals surface area contributed by atoms with Crippen molar-refractivity contribution in [3.05, 3.63) is 23.7 Å². The summed E-state index contributed by atoms with van der Waals surface area (Å²) >= 11 is -0.826. The summed E-state index contributed by atoms with van der Waals surface area (Å²) in [5.41, 5.74) is -2.50. The van der Waals surface area contributed by atoms with Crippen molar-refractivity contribution in [1.29, 1.82) is 0 Å². The third-order valence-electron chi connectivity index (χ3n) is 4.19. The van der Waals surface area contributed by atoms with E-state index in [2.05, 4.69) is 0 Å².